The van der Waals surface area contributed by atoms with Crippen molar-refractivity contribution >= 4 is 33.6 Å². The minimum atomic E-state index is 0.0210. The van der Waals surface area contributed by atoms with Crippen molar-refractivity contribution in [3.8, 4) is 11.5 Å². The van der Waals surface area contributed by atoms with Crippen molar-refractivity contribution < 1.29 is 4.42 Å². The van der Waals surface area contributed by atoms with Gasteiger partial charge in [0.05, 0.1) is 0 Å². The Morgan fingerprint density at radius 2 is 1.70 bits per heavy atom. The molecule has 4 heteroatoms. The van der Waals surface area contributed by atoms with Crippen LogP contribution in [0.1, 0.15) is 13.8 Å². The van der Waals surface area contributed by atoms with Gasteiger partial charge < -0.3 is 4.42 Å². The third-order valence-electron chi connectivity index (χ3n) is 3.72. The van der Waals surface area contributed by atoms with Crippen LogP contribution in [0.2, 0.25) is 0 Å². The standard InChI is InChI=1S/C19H15NO2S/c1-11(2)23-19-17(21)13-8-4-3-7-12(13)16-18(19)22-15-10-6-5-9-14(15)20-16/h3-11H,1-2H3. The van der Waals surface area contributed by atoms with E-state index in [0.717, 1.165) is 16.6 Å². The summed E-state index contributed by atoms with van der Waals surface area (Å²) in [5.41, 5.74) is 2.26. The van der Waals surface area contributed by atoms with Gasteiger partial charge in [0.25, 0.3) is 0 Å². The zero-order chi connectivity index (χ0) is 16.0. The molecule has 23 heavy (non-hydrogen) atoms. The first kappa shape index (κ1) is 14.3. The first-order chi connectivity index (χ1) is 11.1. The normalized spacial score (nSPS) is 11.8. The van der Waals surface area contributed by atoms with Crippen molar-refractivity contribution in [3.63, 3.8) is 0 Å². The zero-order valence-corrected chi connectivity index (χ0v) is 13.7. The van der Waals surface area contributed by atoms with E-state index >= 15 is 0 Å². The Balaban J connectivity index is 2.22. The molecule has 2 aliphatic rings. The van der Waals surface area contributed by atoms with Crippen LogP contribution in [0.5, 0.6) is 0 Å². The first-order valence-corrected chi connectivity index (χ1v) is 8.44. The van der Waals surface area contributed by atoms with Gasteiger partial charge in [-0.2, -0.15) is 0 Å². The molecule has 0 saturated heterocycles. The molecule has 0 amide bonds. The highest BCUT2D eigenvalue weighted by Crippen LogP contribution is 2.37. The molecule has 1 aliphatic carbocycles. The van der Waals surface area contributed by atoms with Crippen molar-refractivity contribution in [2.75, 3.05) is 0 Å². The van der Waals surface area contributed by atoms with Crippen molar-refractivity contribution in [3.05, 3.63) is 58.8 Å². The maximum Gasteiger partial charge on any atom is 0.203 e. The van der Waals surface area contributed by atoms with Crippen LogP contribution in [0.4, 0.5) is 0 Å². The lowest BCUT2D eigenvalue weighted by atomic mass is 10.0. The van der Waals surface area contributed by atoms with Gasteiger partial charge >= 0.3 is 0 Å². The highest BCUT2D eigenvalue weighted by atomic mass is 32.2. The Morgan fingerprint density at radius 1 is 1.00 bits per heavy atom. The summed E-state index contributed by atoms with van der Waals surface area (Å²) in [6, 6.07) is 15.3. The molecule has 0 unspecified atom stereocenters. The number of nitrogens with zero attached hydrogens (tertiary/aromatic N) is 1. The highest BCUT2D eigenvalue weighted by molar-refractivity contribution is 8.00. The van der Waals surface area contributed by atoms with E-state index < -0.39 is 0 Å². The number of hydrogen-bond donors (Lipinski definition) is 0. The second kappa shape index (κ2) is 5.39. The Morgan fingerprint density at radius 3 is 2.48 bits per heavy atom. The molecular weight excluding hydrogens is 306 g/mol. The summed E-state index contributed by atoms with van der Waals surface area (Å²) in [6.45, 7) is 4.14. The van der Waals surface area contributed by atoms with Crippen LogP contribution < -0.4 is 5.43 Å². The minimum Gasteiger partial charge on any atom is -0.451 e. The SMILES string of the molecule is CC(C)Sc1c2oc3ccccc3nc-2c2ccccc2c1=O. The molecule has 2 aromatic rings. The van der Waals surface area contributed by atoms with Crippen LogP contribution >= 0.6 is 11.8 Å². The Labute approximate surface area is 137 Å². The van der Waals surface area contributed by atoms with Gasteiger partial charge in [-0.1, -0.05) is 50.2 Å². The van der Waals surface area contributed by atoms with Crippen molar-refractivity contribution in [2.24, 2.45) is 0 Å². The lowest BCUT2D eigenvalue weighted by Crippen LogP contribution is -2.10. The van der Waals surface area contributed by atoms with E-state index in [-0.39, 0.29) is 10.7 Å². The van der Waals surface area contributed by atoms with Gasteiger partial charge in [-0.25, -0.2) is 4.98 Å². The maximum absolute atomic E-state index is 12.9. The third-order valence-corrected chi connectivity index (χ3v) is 4.80. The molecular formula is C19H15NO2S. The van der Waals surface area contributed by atoms with Crippen LogP contribution in [-0.2, 0) is 0 Å². The number of para-hydroxylation sites is 2. The van der Waals surface area contributed by atoms with Gasteiger partial charge in [0.15, 0.2) is 11.3 Å². The van der Waals surface area contributed by atoms with Crippen LogP contribution in [0.3, 0.4) is 0 Å². The Bertz CT molecular complexity index is 1050. The van der Waals surface area contributed by atoms with Gasteiger partial charge in [0.2, 0.25) is 5.43 Å². The van der Waals surface area contributed by atoms with E-state index in [1.165, 1.54) is 11.8 Å². The third kappa shape index (κ3) is 2.30. The number of rotatable bonds is 2. The molecule has 4 rings (SSSR count). The van der Waals surface area contributed by atoms with E-state index in [9.17, 15) is 4.79 Å². The van der Waals surface area contributed by atoms with E-state index in [1.807, 2.05) is 48.5 Å². The van der Waals surface area contributed by atoms with E-state index in [2.05, 4.69) is 13.8 Å². The predicted molar refractivity (Wildman–Crippen MR) is 95.4 cm³/mol. The molecule has 0 N–H and O–H groups in total. The molecule has 0 spiro atoms. The first-order valence-electron chi connectivity index (χ1n) is 7.56. The van der Waals surface area contributed by atoms with E-state index in [4.69, 9.17) is 9.40 Å². The van der Waals surface area contributed by atoms with Gasteiger partial charge in [0.1, 0.15) is 16.1 Å². The van der Waals surface area contributed by atoms with Gasteiger partial charge in [0, 0.05) is 16.0 Å². The van der Waals surface area contributed by atoms with E-state index in [1.54, 1.807) is 0 Å². The van der Waals surface area contributed by atoms with Crippen LogP contribution in [0.15, 0.2) is 62.6 Å². The van der Waals surface area contributed by atoms with Gasteiger partial charge in [-0.05, 0) is 12.1 Å². The molecule has 0 bridgehead atoms. The molecule has 3 nitrogen and oxygen atoms in total. The monoisotopic (exact) mass is 321 g/mol. The number of benzene rings is 3. The largest absolute Gasteiger partial charge is 0.451 e. The molecule has 1 aliphatic heterocycles. The molecule has 0 aromatic heterocycles. The van der Waals surface area contributed by atoms with Crippen LogP contribution in [0.25, 0.3) is 33.3 Å². The second-order valence-corrected chi connectivity index (χ2v) is 7.32. The van der Waals surface area contributed by atoms with Crippen molar-refractivity contribution in [1.29, 1.82) is 0 Å². The fourth-order valence-electron chi connectivity index (χ4n) is 2.76. The lowest BCUT2D eigenvalue weighted by Gasteiger charge is -2.14. The average molecular weight is 321 g/mol. The van der Waals surface area contributed by atoms with Crippen LogP contribution in [0, 0.1) is 0 Å². The van der Waals surface area contributed by atoms with E-state index in [0.29, 0.717) is 21.6 Å². The van der Waals surface area contributed by atoms with Crippen molar-refractivity contribution in [2.45, 2.75) is 24.0 Å². The summed E-state index contributed by atoms with van der Waals surface area (Å²) in [7, 11) is 0. The van der Waals surface area contributed by atoms with Gasteiger partial charge in [-0.15, -0.1) is 11.8 Å². The molecule has 0 saturated carbocycles. The molecule has 1 heterocycles. The summed E-state index contributed by atoms with van der Waals surface area (Å²) < 4.78 is 6.08. The smallest absolute Gasteiger partial charge is 0.203 e. The molecule has 114 valence electrons. The Kier molecular flexibility index (Phi) is 3.34. The summed E-state index contributed by atoms with van der Waals surface area (Å²) >= 11 is 1.53. The van der Waals surface area contributed by atoms with Crippen molar-refractivity contribution in [1.82, 2.24) is 4.98 Å². The number of aromatic nitrogens is 1. The number of fused-ring (bicyclic) bond motifs is 4. The maximum atomic E-state index is 12.9. The molecule has 0 radical (unpaired) electrons. The molecule has 2 aromatic carbocycles. The van der Waals surface area contributed by atoms with Gasteiger partial charge in [-0.3, -0.25) is 4.79 Å². The fourth-order valence-corrected chi connectivity index (χ4v) is 3.69. The average Bonchev–Trinajstić information content (AvgIpc) is 2.57. The summed E-state index contributed by atoms with van der Waals surface area (Å²) in [6.07, 6.45) is 0. The summed E-state index contributed by atoms with van der Waals surface area (Å²) in [4.78, 5) is 18.3. The van der Waals surface area contributed by atoms with Crippen LogP contribution in [-0.4, -0.2) is 10.2 Å². The summed E-state index contributed by atoms with van der Waals surface area (Å²) in [5.74, 6) is 0.589. The molecule has 0 atom stereocenters. The second-order valence-electron chi connectivity index (χ2n) is 5.73. The lowest BCUT2D eigenvalue weighted by molar-refractivity contribution is 0.601. The zero-order valence-electron chi connectivity index (χ0n) is 12.9. The minimum absolute atomic E-state index is 0.0210. The summed E-state index contributed by atoms with van der Waals surface area (Å²) in [5, 5.41) is 1.82. The fraction of sp³-hybridized carbons (Fsp3) is 0.158. The highest BCUT2D eigenvalue weighted by Gasteiger charge is 2.23. The topological polar surface area (TPSA) is 43.1 Å². The quantitative estimate of drug-likeness (QED) is 0.298. The molecule has 0 fully saturated rings. The number of thioether (sulfide) groups is 1. The number of hydrogen-bond acceptors (Lipinski definition) is 4. The predicted octanol–water partition coefficient (Wildman–Crippen LogP) is 4.95. The Hall–Kier alpha value is -2.33.